The third kappa shape index (κ3) is 3.05. The van der Waals surface area contributed by atoms with Crippen molar-refractivity contribution in [1.82, 2.24) is 10.2 Å². The lowest BCUT2D eigenvalue weighted by Gasteiger charge is -2.07. The fourth-order valence-electron chi connectivity index (χ4n) is 1.25. The van der Waals surface area contributed by atoms with Gasteiger partial charge >= 0.3 is 0 Å². The maximum atomic E-state index is 11.9. The molecule has 0 spiro atoms. The second-order valence-corrected chi connectivity index (χ2v) is 5.15. The summed E-state index contributed by atoms with van der Waals surface area (Å²) in [4.78, 5) is 22.7. The van der Waals surface area contributed by atoms with Gasteiger partial charge in [-0.3, -0.25) is 9.59 Å². The van der Waals surface area contributed by atoms with E-state index < -0.39 is 5.91 Å². The highest BCUT2D eigenvalue weighted by molar-refractivity contribution is 9.11. The van der Waals surface area contributed by atoms with Crippen LogP contribution in [0.25, 0.3) is 0 Å². The smallest absolute Gasteiger partial charge is 0.276 e. The van der Waals surface area contributed by atoms with Gasteiger partial charge in [0.05, 0.1) is 5.69 Å². The molecule has 1 aromatic carbocycles. The van der Waals surface area contributed by atoms with Crippen molar-refractivity contribution in [2.75, 3.05) is 5.32 Å². The molecule has 0 saturated carbocycles. The molecule has 5 nitrogen and oxygen atoms in total. The Balaban J connectivity index is 2.23. The normalized spacial score (nSPS) is 10.1. The molecule has 7 heteroatoms. The van der Waals surface area contributed by atoms with Crippen molar-refractivity contribution in [2.24, 2.45) is 0 Å². The molecule has 0 atom stereocenters. The zero-order valence-corrected chi connectivity index (χ0v) is 12.1. The summed E-state index contributed by atoms with van der Waals surface area (Å²) in [5, 5.41) is 8.54. The highest BCUT2D eigenvalue weighted by atomic mass is 79.9. The van der Waals surface area contributed by atoms with Gasteiger partial charge in [-0.15, -0.1) is 0 Å². The molecule has 0 aliphatic carbocycles. The van der Waals surface area contributed by atoms with E-state index in [-0.39, 0.29) is 11.3 Å². The van der Waals surface area contributed by atoms with Crippen LogP contribution in [0.1, 0.15) is 10.5 Å². The quantitative estimate of drug-likeness (QED) is 0.850. The van der Waals surface area contributed by atoms with Crippen LogP contribution in [-0.4, -0.2) is 16.1 Å². The first-order valence-corrected chi connectivity index (χ1v) is 6.47. The number of nitrogens with one attached hydrogen (secondary N) is 2. The Morgan fingerprint density at radius 1 is 1.22 bits per heavy atom. The van der Waals surface area contributed by atoms with Gasteiger partial charge in [0, 0.05) is 15.0 Å². The summed E-state index contributed by atoms with van der Waals surface area (Å²) in [7, 11) is 0. The number of nitrogens with zero attached hydrogens (tertiary/aromatic N) is 1. The monoisotopic (exact) mass is 371 g/mol. The first-order valence-electron chi connectivity index (χ1n) is 4.88. The second kappa shape index (κ2) is 5.45. The number of amides is 1. The highest BCUT2D eigenvalue weighted by Gasteiger charge is 2.10. The maximum Gasteiger partial charge on any atom is 0.276 e. The van der Waals surface area contributed by atoms with Gasteiger partial charge in [-0.2, -0.15) is 5.10 Å². The minimum Gasteiger partial charge on any atom is -0.320 e. The van der Waals surface area contributed by atoms with Crippen LogP contribution in [0.2, 0.25) is 0 Å². The van der Waals surface area contributed by atoms with E-state index in [1.807, 2.05) is 6.07 Å². The van der Waals surface area contributed by atoms with Crippen molar-refractivity contribution >= 4 is 43.5 Å². The minimum absolute atomic E-state index is 0.140. The maximum absolute atomic E-state index is 11.9. The van der Waals surface area contributed by atoms with Crippen LogP contribution in [0, 0.1) is 0 Å². The largest absolute Gasteiger partial charge is 0.320 e. The van der Waals surface area contributed by atoms with Gasteiger partial charge in [0.25, 0.3) is 11.5 Å². The van der Waals surface area contributed by atoms with Crippen molar-refractivity contribution < 1.29 is 4.79 Å². The number of halogens is 2. The van der Waals surface area contributed by atoms with E-state index >= 15 is 0 Å². The van der Waals surface area contributed by atoms with Crippen molar-refractivity contribution in [3.05, 3.63) is 55.3 Å². The Labute approximate surface area is 119 Å². The van der Waals surface area contributed by atoms with Crippen molar-refractivity contribution in [2.45, 2.75) is 0 Å². The van der Waals surface area contributed by atoms with Crippen LogP contribution in [0.3, 0.4) is 0 Å². The van der Waals surface area contributed by atoms with E-state index in [9.17, 15) is 9.59 Å². The molecule has 0 aliphatic rings. The zero-order chi connectivity index (χ0) is 13.1. The van der Waals surface area contributed by atoms with Crippen LogP contribution in [0.5, 0.6) is 0 Å². The lowest BCUT2D eigenvalue weighted by atomic mass is 10.3. The van der Waals surface area contributed by atoms with E-state index in [1.54, 1.807) is 12.1 Å². The van der Waals surface area contributed by atoms with E-state index in [0.717, 1.165) is 8.95 Å². The molecule has 0 bridgehead atoms. The van der Waals surface area contributed by atoms with Crippen molar-refractivity contribution in [3.63, 3.8) is 0 Å². The molecule has 1 heterocycles. The van der Waals surface area contributed by atoms with E-state index in [4.69, 9.17) is 0 Å². The molecule has 1 aromatic heterocycles. The second-order valence-electron chi connectivity index (χ2n) is 3.38. The molecule has 0 unspecified atom stereocenters. The molecule has 2 N–H and O–H groups in total. The van der Waals surface area contributed by atoms with Crippen LogP contribution < -0.4 is 10.9 Å². The van der Waals surface area contributed by atoms with E-state index in [1.165, 1.54) is 12.1 Å². The first-order chi connectivity index (χ1) is 8.56. The summed E-state index contributed by atoms with van der Waals surface area (Å²) in [6.07, 6.45) is 0. The Kier molecular flexibility index (Phi) is 3.93. The number of benzene rings is 1. The minimum atomic E-state index is -0.398. The Bertz CT molecular complexity index is 634. The predicted molar refractivity (Wildman–Crippen MR) is 74.7 cm³/mol. The first kappa shape index (κ1) is 13.0. The number of H-pyrrole nitrogens is 1. The lowest BCUT2D eigenvalue weighted by molar-refractivity contribution is 0.102. The lowest BCUT2D eigenvalue weighted by Crippen LogP contribution is -2.17. The number of carbonyl (C=O) groups is 1. The Hall–Kier alpha value is -1.47. The summed E-state index contributed by atoms with van der Waals surface area (Å²) in [6.45, 7) is 0. The molecule has 2 aromatic rings. The van der Waals surface area contributed by atoms with Crippen LogP contribution >= 0.6 is 31.9 Å². The summed E-state index contributed by atoms with van der Waals surface area (Å²) in [5.74, 6) is -0.398. The molecule has 0 saturated heterocycles. The summed E-state index contributed by atoms with van der Waals surface area (Å²) in [5.41, 5.74) is 0.402. The number of carbonyl (C=O) groups excluding carboxylic acids is 1. The molecular formula is C11H7Br2N3O2. The zero-order valence-electron chi connectivity index (χ0n) is 8.91. The van der Waals surface area contributed by atoms with Gasteiger partial charge in [0.15, 0.2) is 0 Å². The third-order valence-electron chi connectivity index (χ3n) is 2.09. The van der Waals surface area contributed by atoms with Crippen molar-refractivity contribution in [1.29, 1.82) is 0 Å². The molecule has 1 amide bonds. The number of anilines is 1. The number of hydrogen-bond acceptors (Lipinski definition) is 3. The summed E-state index contributed by atoms with van der Waals surface area (Å²) in [6, 6.07) is 8.02. The number of hydrogen-bond donors (Lipinski definition) is 2. The Morgan fingerprint density at radius 3 is 2.67 bits per heavy atom. The van der Waals surface area contributed by atoms with Gasteiger partial charge in [0.2, 0.25) is 0 Å². The SMILES string of the molecule is O=C(Nc1cc(Br)ccc1Br)c1ccc(=O)[nH]n1. The molecule has 0 aliphatic heterocycles. The molecule has 0 radical (unpaired) electrons. The molecular weight excluding hydrogens is 366 g/mol. The topological polar surface area (TPSA) is 74.8 Å². The molecule has 0 fully saturated rings. The molecule has 18 heavy (non-hydrogen) atoms. The molecule has 2 rings (SSSR count). The van der Waals surface area contributed by atoms with Gasteiger partial charge in [-0.25, -0.2) is 5.10 Å². The third-order valence-corrected chi connectivity index (χ3v) is 3.27. The van der Waals surface area contributed by atoms with E-state index in [0.29, 0.717) is 5.69 Å². The average molecular weight is 373 g/mol. The van der Waals surface area contributed by atoms with Crippen LogP contribution in [0.15, 0.2) is 44.1 Å². The Morgan fingerprint density at radius 2 is 2.00 bits per heavy atom. The van der Waals surface area contributed by atoms with Crippen LogP contribution in [0.4, 0.5) is 5.69 Å². The van der Waals surface area contributed by atoms with Gasteiger partial charge in [0.1, 0.15) is 5.69 Å². The van der Waals surface area contributed by atoms with Crippen LogP contribution in [-0.2, 0) is 0 Å². The number of aromatic amines is 1. The highest BCUT2D eigenvalue weighted by Crippen LogP contribution is 2.26. The molecule has 92 valence electrons. The van der Waals surface area contributed by atoms with Gasteiger partial charge in [-0.05, 0) is 40.2 Å². The summed E-state index contributed by atoms with van der Waals surface area (Å²) >= 11 is 6.65. The number of rotatable bonds is 2. The fraction of sp³-hybridized carbons (Fsp3) is 0. The standard InChI is InChI=1S/C11H7Br2N3O2/c12-6-1-2-7(13)9(5-6)14-11(18)8-3-4-10(17)16-15-8/h1-5H,(H,14,18)(H,16,17). The van der Waals surface area contributed by atoms with Gasteiger partial charge < -0.3 is 5.32 Å². The van der Waals surface area contributed by atoms with Gasteiger partial charge in [-0.1, -0.05) is 15.9 Å². The van der Waals surface area contributed by atoms with E-state index in [2.05, 4.69) is 47.4 Å². The summed E-state index contributed by atoms with van der Waals surface area (Å²) < 4.78 is 1.60. The predicted octanol–water partition coefficient (Wildman–Crippen LogP) is 2.55. The number of aromatic nitrogens is 2. The average Bonchev–Trinajstić information content (AvgIpc) is 2.34. The van der Waals surface area contributed by atoms with Crippen molar-refractivity contribution in [3.8, 4) is 0 Å². The fourth-order valence-corrected chi connectivity index (χ4v) is 1.96.